The van der Waals surface area contributed by atoms with E-state index in [0.29, 0.717) is 27.6 Å². The fourth-order valence-electron chi connectivity index (χ4n) is 1.87. The van der Waals surface area contributed by atoms with Crippen LogP contribution in [0.15, 0.2) is 28.9 Å². The lowest BCUT2D eigenvalue weighted by Crippen LogP contribution is -2.14. The number of ether oxygens (including phenoxy) is 1. The smallest absolute Gasteiger partial charge is 0.308 e. The third-order valence-corrected chi connectivity index (χ3v) is 3.25. The Labute approximate surface area is 126 Å². The summed E-state index contributed by atoms with van der Waals surface area (Å²) in [7, 11) is 0. The number of furan rings is 1. The molecule has 2 aromatic rings. The normalized spacial score (nSPS) is 10.3. The molecule has 2 rings (SSSR count). The van der Waals surface area contributed by atoms with Crippen LogP contribution in [0.1, 0.15) is 28.6 Å². The quantitative estimate of drug-likeness (QED) is 0.693. The van der Waals surface area contributed by atoms with E-state index >= 15 is 0 Å². The molecule has 21 heavy (non-hydrogen) atoms. The van der Waals surface area contributed by atoms with E-state index in [1.165, 1.54) is 13.2 Å². The molecule has 6 heteroatoms. The number of carbonyl (C=O) groups excluding carboxylic acids is 2. The minimum atomic E-state index is -0.478. The topological polar surface area (TPSA) is 68.5 Å². The zero-order valence-electron chi connectivity index (χ0n) is 11.8. The van der Waals surface area contributed by atoms with Gasteiger partial charge >= 0.3 is 5.97 Å². The minimum Gasteiger partial charge on any atom is -0.469 e. The lowest BCUT2D eigenvalue weighted by molar-refractivity contribution is -0.131. The molecule has 0 saturated carbocycles. The van der Waals surface area contributed by atoms with Crippen LogP contribution in [0.2, 0.25) is 5.02 Å². The predicted octanol–water partition coefficient (Wildman–Crippen LogP) is 3.73. The number of halogens is 1. The minimum absolute atomic E-state index is 0.242. The van der Waals surface area contributed by atoms with E-state index < -0.39 is 5.97 Å². The van der Waals surface area contributed by atoms with Gasteiger partial charge in [-0.25, -0.2) is 0 Å². The van der Waals surface area contributed by atoms with Gasteiger partial charge in [-0.05, 0) is 32.0 Å². The number of benzene rings is 1. The second-order valence-electron chi connectivity index (χ2n) is 4.49. The first-order valence-corrected chi connectivity index (χ1v) is 6.61. The SMILES string of the molecule is CC(=O)Oc1c(Cl)ccc(NC(=O)c2ccoc2C)c1C. The Bertz CT molecular complexity index is 706. The zero-order chi connectivity index (χ0) is 15.6. The van der Waals surface area contributed by atoms with Gasteiger partial charge in [0.05, 0.1) is 16.8 Å². The van der Waals surface area contributed by atoms with E-state index in [9.17, 15) is 9.59 Å². The standard InChI is InChI=1S/C15H14ClNO4/c1-8-13(5-4-12(16)14(8)21-10(3)18)17-15(19)11-6-7-20-9(11)2/h4-7H,1-3H3,(H,17,19). The molecule has 1 N–H and O–H groups in total. The highest BCUT2D eigenvalue weighted by Gasteiger charge is 2.16. The third-order valence-electron chi connectivity index (χ3n) is 2.96. The molecule has 0 spiro atoms. The molecule has 0 unspecified atom stereocenters. The van der Waals surface area contributed by atoms with Crippen LogP contribution in [-0.2, 0) is 4.79 Å². The van der Waals surface area contributed by atoms with Gasteiger partial charge in [0, 0.05) is 18.2 Å². The maximum absolute atomic E-state index is 12.2. The van der Waals surface area contributed by atoms with Gasteiger partial charge in [-0.3, -0.25) is 9.59 Å². The summed E-state index contributed by atoms with van der Waals surface area (Å²) in [5.41, 5.74) is 1.53. The second kappa shape index (κ2) is 6.01. The maximum atomic E-state index is 12.2. The molecule has 0 radical (unpaired) electrons. The summed E-state index contributed by atoms with van der Waals surface area (Å²) in [4.78, 5) is 23.3. The molecule has 0 aliphatic carbocycles. The van der Waals surface area contributed by atoms with E-state index in [1.807, 2.05) is 0 Å². The number of rotatable bonds is 3. The maximum Gasteiger partial charge on any atom is 0.308 e. The molecule has 1 aromatic carbocycles. The van der Waals surface area contributed by atoms with Crippen molar-refractivity contribution in [2.45, 2.75) is 20.8 Å². The lowest BCUT2D eigenvalue weighted by Gasteiger charge is -2.13. The Morgan fingerprint density at radius 3 is 2.52 bits per heavy atom. The summed E-state index contributed by atoms with van der Waals surface area (Å²) in [5, 5.41) is 3.05. The van der Waals surface area contributed by atoms with Gasteiger partial charge in [0.1, 0.15) is 5.76 Å². The molecule has 1 amide bonds. The Balaban J connectivity index is 2.31. The van der Waals surface area contributed by atoms with Crippen molar-refractivity contribution in [3.8, 4) is 5.75 Å². The van der Waals surface area contributed by atoms with Crippen LogP contribution in [0.5, 0.6) is 5.75 Å². The fourth-order valence-corrected chi connectivity index (χ4v) is 2.12. The highest BCUT2D eigenvalue weighted by atomic mass is 35.5. The molecule has 0 fully saturated rings. The molecule has 1 aromatic heterocycles. The Hall–Kier alpha value is -2.27. The summed E-state index contributed by atoms with van der Waals surface area (Å²) < 4.78 is 10.2. The van der Waals surface area contributed by atoms with Crippen molar-refractivity contribution in [1.82, 2.24) is 0 Å². The number of anilines is 1. The van der Waals surface area contributed by atoms with E-state index in [0.717, 1.165) is 0 Å². The summed E-state index contributed by atoms with van der Waals surface area (Å²) in [6.07, 6.45) is 1.45. The molecule has 5 nitrogen and oxygen atoms in total. The number of esters is 1. The number of hydrogen-bond acceptors (Lipinski definition) is 4. The van der Waals surface area contributed by atoms with Crippen LogP contribution >= 0.6 is 11.6 Å². The summed E-state index contributed by atoms with van der Waals surface area (Å²) in [6, 6.07) is 4.80. The van der Waals surface area contributed by atoms with Gasteiger partial charge in [0.2, 0.25) is 0 Å². The number of nitrogens with one attached hydrogen (secondary N) is 1. The fraction of sp³-hybridized carbons (Fsp3) is 0.200. The number of carbonyl (C=O) groups is 2. The number of aryl methyl sites for hydroxylation is 1. The van der Waals surface area contributed by atoms with Crippen molar-refractivity contribution >= 4 is 29.2 Å². The molecular formula is C15H14ClNO4. The first-order chi connectivity index (χ1) is 9.90. The molecule has 0 bridgehead atoms. The van der Waals surface area contributed by atoms with Gasteiger partial charge in [0.15, 0.2) is 5.75 Å². The van der Waals surface area contributed by atoms with Crippen LogP contribution in [0.4, 0.5) is 5.69 Å². The molecule has 110 valence electrons. The van der Waals surface area contributed by atoms with Gasteiger partial charge in [-0.2, -0.15) is 0 Å². The molecule has 0 saturated heterocycles. The molecular weight excluding hydrogens is 294 g/mol. The van der Waals surface area contributed by atoms with Gasteiger partial charge in [-0.15, -0.1) is 0 Å². The van der Waals surface area contributed by atoms with Crippen LogP contribution in [0.3, 0.4) is 0 Å². The third kappa shape index (κ3) is 3.25. The predicted molar refractivity (Wildman–Crippen MR) is 78.9 cm³/mol. The first-order valence-electron chi connectivity index (χ1n) is 6.23. The van der Waals surface area contributed by atoms with E-state index in [1.54, 1.807) is 32.0 Å². The van der Waals surface area contributed by atoms with E-state index in [-0.39, 0.29) is 11.7 Å². The van der Waals surface area contributed by atoms with Gasteiger partial charge in [-0.1, -0.05) is 11.6 Å². The van der Waals surface area contributed by atoms with Crippen molar-refractivity contribution in [3.05, 3.63) is 46.4 Å². The number of hydrogen-bond donors (Lipinski definition) is 1. The Morgan fingerprint density at radius 2 is 1.95 bits per heavy atom. The highest BCUT2D eigenvalue weighted by Crippen LogP contribution is 2.34. The van der Waals surface area contributed by atoms with Crippen LogP contribution < -0.4 is 10.1 Å². The first kappa shape index (κ1) is 15.1. The van der Waals surface area contributed by atoms with E-state index in [4.69, 9.17) is 20.8 Å². The molecule has 0 aliphatic heterocycles. The summed E-state index contributed by atoms with van der Waals surface area (Å²) >= 11 is 6.00. The summed E-state index contributed by atoms with van der Waals surface area (Å²) in [6.45, 7) is 4.70. The summed E-state index contributed by atoms with van der Waals surface area (Å²) in [5.74, 6) is -0.0141. The molecule has 0 aliphatic rings. The van der Waals surface area contributed by atoms with Crippen molar-refractivity contribution in [2.75, 3.05) is 5.32 Å². The Morgan fingerprint density at radius 1 is 1.24 bits per heavy atom. The second-order valence-corrected chi connectivity index (χ2v) is 4.89. The lowest BCUT2D eigenvalue weighted by atomic mass is 10.1. The average molecular weight is 308 g/mol. The van der Waals surface area contributed by atoms with Crippen molar-refractivity contribution in [2.24, 2.45) is 0 Å². The van der Waals surface area contributed by atoms with Crippen molar-refractivity contribution in [1.29, 1.82) is 0 Å². The number of amides is 1. The molecule has 1 heterocycles. The van der Waals surface area contributed by atoms with Crippen molar-refractivity contribution in [3.63, 3.8) is 0 Å². The highest BCUT2D eigenvalue weighted by molar-refractivity contribution is 6.32. The van der Waals surface area contributed by atoms with Crippen molar-refractivity contribution < 1.29 is 18.7 Å². The van der Waals surface area contributed by atoms with E-state index in [2.05, 4.69) is 5.32 Å². The molecule has 0 atom stereocenters. The van der Waals surface area contributed by atoms with Crippen LogP contribution in [0, 0.1) is 13.8 Å². The monoisotopic (exact) mass is 307 g/mol. The largest absolute Gasteiger partial charge is 0.469 e. The average Bonchev–Trinajstić information content (AvgIpc) is 2.84. The van der Waals surface area contributed by atoms with Gasteiger partial charge in [0.25, 0.3) is 5.91 Å². The Kier molecular flexibility index (Phi) is 4.33. The zero-order valence-corrected chi connectivity index (χ0v) is 12.6. The van der Waals surface area contributed by atoms with Crippen LogP contribution in [-0.4, -0.2) is 11.9 Å². The van der Waals surface area contributed by atoms with Crippen LogP contribution in [0.25, 0.3) is 0 Å². The van der Waals surface area contributed by atoms with Gasteiger partial charge < -0.3 is 14.5 Å².